The van der Waals surface area contributed by atoms with Crippen molar-refractivity contribution in [2.75, 3.05) is 0 Å². The van der Waals surface area contributed by atoms with Gasteiger partial charge in [0, 0.05) is 11.2 Å². The first-order valence-electron chi connectivity index (χ1n) is 7.78. The summed E-state index contributed by atoms with van der Waals surface area (Å²) >= 11 is 5.88. The Morgan fingerprint density at radius 2 is 1.62 bits per heavy atom. The molecule has 120 valence electrons. The molecule has 0 saturated heterocycles. The van der Waals surface area contributed by atoms with Crippen molar-refractivity contribution in [1.29, 1.82) is 0 Å². The molecule has 3 heteroatoms. The lowest BCUT2D eigenvalue weighted by Crippen LogP contribution is -1.95. The number of para-hydroxylation sites is 1. The van der Waals surface area contributed by atoms with Gasteiger partial charge >= 0.3 is 0 Å². The summed E-state index contributed by atoms with van der Waals surface area (Å²) in [6, 6.07) is 23.6. The van der Waals surface area contributed by atoms with Gasteiger partial charge in [-0.15, -0.1) is 0 Å². The van der Waals surface area contributed by atoms with Crippen molar-refractivity contribution in [3.05, 3.63) is 94.5 Å². The maximum Gasteiger partial charge on any atom is 0.119 e. The predicted molar refractivity (Wildman–Crippen MR) is 101 cm³/mol. The average Bonchev–Trinajstić information content (AvgIpc) is 2.61. The minimum absolute atomic E-state index is 0.522. The van der Waals surface area contributed by atoms with Crippen molar-refractivity contribution < 1.29 is 4.74 Å². The van der Waals surface area contributed by atoms with Crippen molar-refractivity contribution in [3.8, 4) is 5.75 Å². The van der Waals surface area contributed by atoms with Crippen molar-refractivity contribution >= 4 is 23.5 Å². The van der Waals surface area contributed by atoms with E-state index in [9.17, 15) is 0 Å². The van der Waals surface area contributed by atoms with Gasteiger partial charge in [-0.2, -0.15) is 0 Å². The molecule has 24 heavy (non-hydrogen) atoms. The van der Waals surface area contributed by atoms with E-state index in [1.54, 1.807) is 0 Å². The molecule has 2 nitrogen and oxygen atoms in total. The summed E-state index contributed by atoms with van der Waals surface area (Å²) in [4.78, 5) is 4.53. The van der Waals surface area contributed by atoms with Gasteiger partial charge in [0.1, 0.15) is 12.4 Å². The Morgan fingerprint density at radius 3 is 2.33 bits per heavy atom. The van der Waals surface area contributed by atoms with Gasteiger partial charge in [-0.1, -0.05) is 41.9 Å². The Hall–Kier alpha value is -2.58. The molecular weight excluding hydrogens is 318 g/mol. The number of benzene rings is 3. The molecule has 0 bridgehead atoms. The second kappa shape index (κ2) is 7.80. The molecule has 0 aliphatic heterocycles. The normalized spacial score (nSPS) is 10.9. The van der Waals surface area contributed by atoms with Crippen molar-refractivity contribution in [3.63, 3.8) is 0 Å². The Labute approximate surface area is 147 Å². The highest BCUT2D eigenvalue weighted by molar-refractivity contribution is 6.30. The molecule has 0 heterocycles. The molecule has 0 fully saturated rings. The molecule has 0 aromatic heterocycles. The van der Waals surface area contributed by atoms with Crippen LogP contribution in [0.1, 0.15) is 16.7 Å². The number of halogens is 1. The molecule has 3 aromatic carbocycles. The van der Waals surface area contributed by atoms with E-state index in [1.165, 1.54) is 0 Å². The van der Waals surface area contributed by atoms with E-state index >= 15 is 0 Å². The van der Waals surface area contributed by atoms with Crippen molar-refractivity contribution in [2.45, 2.75) is 13.5 Å². The molecule has 3 aromatic rings. The topological polar surface area (TPSA) is 21.6 Å². The first-order chi connectivity index (χ1) is 11.7. The largest absolute Gasteiger partial charge is 0.489 e. The molecule has 0 aliphatic carbocycles. The number of ether oxygens (including phenoxy) is 1. The lowest BCUT2D eigenvalue weighted by molar-refractivity contribution is 0.306. The highest BCUT2D eigenvalue weighted by Crippen LogP contribution is 2.18. The van der Waals surface area contributed by atoms with E-state index in [4.69, 9.17) is 16.3 Å². The molecule has 3 rings (SSSR count). The third kappa shape index (κ3) is 4.46. The zero-order valence-corrected chi connectivity index (χ0v) is 14.2. The van der Waals surface area contributed by atoms with Gasteiger partial charge < -0.3 is 4.74 Å². The fourth-order valence-corrected chi connectivity index (χ4v) is 2.38. The van der Waals surface area contributed by atoms with Gasteiger partial charge in [0.25, 0.3) is 0 Å². The van der Waals surface area contributed by atoms with Crippen LogP contribution in [-0.4, -0.2) is 6.21 Å². The number of hydrogen-bond acceptors (Lipinski definition) is 2. The van der Waals surface area contributed by atoms with E-state index in [0.29, 0.717) is 6.61 Å². The molecular formula is C21H18ClNO. The number of aryl methyl sites for hydroxylation is 1. The molecule has 0 radical (unpaired) electrons. The van der Waals surface area contributed by atoms with Gasteiger partial charge in [0.2, 0.25) is 0 Å². The van der Waals surface area contributed by atoms with Crippen LogP contribution >= 0.6 is 11.6 Å². The fraction of sp³-hybridized carbons (Fsp3) is 0.0952. The van der Waals surface area contributed by atoms with Crippen molar-refractivity contribution in [1.82, 2.24) is 0 Å². The van der Waals surface area contributed by atoms with Crippen LogP contribution in [0.3, 0.4) is 0 Å². The molecule has 0 spiro atoms. The summed E-state index contributed by atoms with van der Waals surface area (Å²) < 4.78 is 5.78. The van der Waals surface area contributed by atoms with Crippen LogP contribution in [-0.2, 0) is 6.61 Å². The minimum Gasteiger partial charge on any atom is -0.489 e. The second-order valence-corrected chi connectivity index (χ2v) is 5.97. The average molecular weight is 336 g/mol. The Balaban J connectivity index is 1.61. The second-order valence-electron chi connectivity index (χ2n) is 5.53. The maximum absolute atomic E-state index is 5.88. The summed E-state index contributed by atoms with van der Waals surface area (Å²) in [6.07, 6.45) is 1.87. The van der Waals surface area contributed by atoms with E-state index in [0.717, 1.165) is 33.1 Å². The van der Waals surface area contributed by atoms with E-state index in [1.807, 2.05) is 72.9 Å². The number of rotatable bonds is 5. The van der Waals surface area contributed by atoms with Crippen LogP contribution in [0.4, 0.5) is 5.69 Å². The highest BCUT2D eigenvalue weighted by Gasteiger charge is 1.98. The number of aliphatic imine (C=N–C) groups is 1. The number of nitrogens with zero attached hydrogens (tertiary/aromatic N) is 1. The van der Waals surface area contributed by atoms with Crippen LogP contribution in [0.2, 0.25) is 5.02 Å². The summed E-state index contributed by atoms with van der Waals surface area (Å²) in [7, 11) is 0. The summed E-state index contributed by atoms with van der Waals surface area (Å²) in [6.45, 7) is 2.58. The fourth-order valence-electron chi connectivity index (χ4n) is 2.25. The molecule has 0 saturated carbocycles. The van der Waals surface area contributed by atoms with Crippen LogP contribution in [0.25, 0.3) is 0 Å². The third-order valence-electron chi connectivity index (χ3n) is 3.67. The van der Waals surface area contributed by atoms with Crippen LogP contribution < -0.4 is 4.74 Å². The SMILES string of the molecule is Cc1ccccc1N=Cc1ccc(OCc2ccc(Cl)cc2)cc1. The lowest BCUT2D eigenvalue weighted by Gasteiger charge is -2.06. The van der Waals surface area contributed by atoms with E-state index < -0.39 is 0 Å². The van der Waals surface area contributed by atoms with Crippen LogP contribution in [0.5, 0.6) is 5.75 Å². The van der Waals surface area contributed by atoms with Gasteiger partial charge in [-0.3, -0.25) is 4.99 Å². The monoisotopic (exact) mass is 335 g/mol. The quantitative estimate of drug-likeness (QED) is 0.526. The molecule has 0 amide bonds. The first-order valence-corrected chi connectivity index (χ1v) is 8.15. The smallest absolute Gasteiger partial charge is 0.119 e. The Bertz CT molecular complexity index is 823. The summed E-state index contributed by atoms with van der Waals surface area (Å²) in [5.74, 6) is 0.831. The maximum atomic E-state index is 5.88. The Kier molecular flexibility index (Phi) is 5.29. The standard InChI is InChI=1S/C21H18ClNO/c1-16-4-2-3-5-21(16)23-14-17-8-12-20(13-9-17)24-15-18-6-10-19(22)11-7-18/h2-14H,15H2,1H3. The first kappa shape index (κ1) is 16.3. The minimum atomic E-state index is 0.522. The summed E-state index contributed by atoms with van der Waals surface area (Å²) in [5, 5.41) is 0.732. The Morgan fingerprint density at radius 1 is 0.917 bits per heavy atom. The van der Waals surface area contributed by atoms with Gasteiger partial charge in [-0.25, -0.2) is 0 Å². The lowest BCUT2D eigenvalue weighted by atomic mass is 10.2. The third-order valence-corrected chi connectivity index (χ3v) is 3.92. The van der Waals surface area contributed by atoms with E-state index in [2.05, 4.69) is 18.0 Å². The molecule has 0 atom stereocenters. The van der Waals surface area contributed by atoms with Crippen LogP contribution in [0, 0.1) is 6.92 Å². The molecule has 0 unspecified atom stereocenters. The summed E-state index contributed by atoms with van der Waals surface area (Å²) in [5.41, 5.74) is 4.28. The molecule has 0 N–H and O–H groups in total. The van der Waals surface area contributed by atoms with Gasteiger partial charge in [0.15, 0.2) is 0 Å². The van der Waals surface area contributed by atoms with E-state index in [-0.39, 0.29) is 0 Å². The zero-order chi connectivity index (χ0) is 16.8. The number of hydrogen-bond donors (Lipinski definition) is 0. The predicted octanol–water partition coefficient (Wildman–Crippen LogP) is 5.98. The zero-order valence-electron chi connectivity index (χ0n) is 13.4. The van der Waals surface area contributed by atoms with Crippen LogP contribution in [0.15, 0.2) is 77.8 Å². The van der Waals surface area contributed by atoms with Gasteiger partial charge in [0.05, 0.1) is 5.69 Å². The highest BCUT2D eigenvalue weighted by atomic mass is 35.5. The van der Waals surface area contributed by atoms with Gasteiger partial charge in [-0.05, 0) is 66.1 Å². The van der Waals surface area contributed by atoms with Crippen molar-refractivity contribution in [2.24, 2.45) is 4.99 Å². The molecule has 0 aliphatic rings.